The maximum absolute atomic E-state index is 12.8. The molecule has 0 atom stereocenters. The van der Waals surface area contributed by atoms with E-state index >= 15 is 0 Å². The number of rotatable bonds is 9. The Morgan fingerprint density at radius 1 is 0.923 bits per heavy atom. The molecule has 0 unspecified atom stereocenters. The van der Waals surface area contributed by atoms with Crippen LogP contribution in [0.4, 0.5) is 22.7 Å². The highest BCUT2D eigenvalue weighted by atomic mass is 35.5. The van der Waals surface area contributed by atoms with Gasteiger partial charge in [-0.1, -0.05) is 43.1 Å². The van der Waals surface area contributed by atoms with E-state index in [2.05, 4.69) is 17.6 Å². The average molecular weight is 575 g/mol. The van der Waals surface area contributed by atoms with Gasteiger partial charge in [-0.05, 0) is 51.0 Å². The van der Waals surface area contributed by atoms with Crippen molar-refractivity contribution in [3.05, 3.63) is 73.0 Å². The highest BCUT2D eigenvalue weighted by molar-refractivity contribution is 7.90. The summed E-state index contributed by atoms with van der Waals surface area (Å²) in [5.41, 5.74) is 1.43. The molecule has 0 amide bonds. The van der Waals surface area contributed by atoms with Crippen LogP contribution >= 0.6 is 11.6 Å². The van der Waals surface area contributed by atoms with Crippen LogP contribution in [0.5, 0.6) is 5.75 Å². The number of para-hydroxylation sites is 1. The topological polar surface area (TPSA) is 119 Å². The van der Waals surface area contributed by atoms with Crippen LogP contribution in [0.25, 0.3) is 0 Å². The minimum absolute atomic E-state index is 0.0795. The molecule has 1 heterocycles. The third-order valence-corrected chi connectivity index (χ3v) is 9.97. The SMILES string of the molecule is CCCc1ccccc1Nc1c(Nc2ccc(Cl)c(CN3CCN(S(=O)(=O)C(C)(C)C)CC3)c2O)c(=O)c1=O. The molecule has 0 aliphatic carbocycles. The standard InChI is InChI=1S/C28H35ClN4O5S/c1-5-8-18-9-6-7-10-21(18)30-23-24(27(36)26(23)35)31-22-12-11-20(29)19(25(22)34)17-32-13-15-33(16-14-32)39(37,38)28(2,3)4/h6-7,9-12,30-31,34H,5,8,13-17H2,1-4H3. The first-order valence-electron chi connectivity index (χ1n) is 13.0. The number of aryl methyl sites for hydroxylation is 1. The summed E-state index contributed by atoms with van der Waals surface area (Å²) in [6.45, 7) is 9.06. The van der Waals surface area contributed by atoms with Gasteiger partial charge in [0.05, 0.1) is 10.4 Å². The molecule has 0 bridgehead atoms. The van der Waals surface area contributed by atoms with Crippen LogP contribution in [0.15, 0.2) is 46.0 Å². The van der Waals surface area contributed by atoms with E-state index in [9.17, 15) is 23.1 Å². The minimum Gasteiger partial charge on any atom is -0.505 e. The van der Waals surface area contributed by atoms with Crippen LogP contribution in [0.3, 0.4) is 0 Å². The highest BCUT2D eigenvalue weighted by Gasteiger charge is 2.37. The fraction of sp³-hybridized carbons (Fsp3) is 0.429. The monoisotopic (exact) mass is 574 g/mol. The Labute approximate surface area is 234 Å². The lowest BCUT2D eigenvalue weighted by atomic mass is 10.1. The molecular formula is C28H35ClN4O5S. The average Bonchev–Trinajstić information content (AvgIpc) is 2.90. The Kier molecular flexibility index (Phi) is 8.41. The molecule has 0 saturated carbocycles. The molecule has 4 rings (SSSR count). The van der Waals surface area contributed by atoms with Gasteiger partial charge in [0.25, 0.3) is 10.9 Å². The Bertz CT molecular complexity index is 1530. The van der Waals surface area contributed by atoms with Crippen molar-refractivity contribution < 1.29 is 13.5 Å². The zero-order chi connectivity index (χ0) is 28.5. The van der Waals surface area contributed by atoms with E-state index in [-0.39, 0.29) is 22.8 Å². The van der Waals surface area contributed by atoms with Crippen LogP contribution in [0.2, 0.25) is 5.02 Å². The zero-order valence-electron chi connectivity index (χ0n) is 22.7. The maximum atomic E-state index is 12.8. The van der Waals surface area contributed by atoms with Crippen molar-refractivity contribution in [1.82, 2.24) is 9.21 Å². The summed E-state index contributed by atoms with van der Waals surface area (Å²) in [6, 6.07) is 10.8. The molecule has 39 heavy (non-hydrogen) atoms. The van der Waals surface area contributed by atoms with E-state index in [4.69, 9.17) is 11.6 Å². The lowest BCUT2D eigenvalue weighted by molar-refractivity contribution is 0.178. The Hall–Kier alpha value is -2.92. The molecule has 1 saturated heterocycles. The smallest absolute Gasteiger partial charge is 0.253 e. The van der Waals surface area contributed by atoms with Gasteiger partial charge in [-0.15, -0.1) is 0 Å². The van der Waals surface area contributed by atoms with E-state index in [0.29, 0.717) is 43.3 Å². The van der Waals surface area contributed by atoms with Crippen molar-refractivity contribution in [2.75, 3.05) is 36.8 Å². The Morgan fingerprint density at radius 3 is 2.10 bits per heavy atom. The number of phenolic OH excluding ortho intramolecular Hbond substituents is 1. The molecule has 0 aromatic heterocycles. The molecule has 0 radical (unpaired) electrons. The molecule has 1 aliphatic rings. The van der Waals surface area contributed by atoms with E-state index in [0.717, 1.165) is 24.1 Å². The summed E-state index contributed by atoms with van der Waals surface area (Å²) in [5.74, 6) is -0.127. The molecular weight excluding hydrogens is 540 g/mol. The molecule has 9 nitrogen and oxygen atoms in total. The maximum Gasteiger partial charge on any atom is 0.253 e. The number of nitrogens with one attached hydrogen (secondary N) is 2. The number of sulfonamides is 1. The molecule has 1 aliphatic heterocycles. The predicted octanol–water partition coefficient (Wildman–Crippen LogP) is 4.33. The van der Waals surface area contributed by atoms with Gasteiger partial charge in [-0.3, -0.25) is 14.5 Å². The molecule has 1 fully saturated rings. The predicted molar refractivity (Wildman–Crippen MR) is 157 cm³/mol. The third-order valence-electron chi connectivity index (χ3n) is 7.02. The number of hydrogen-bond donors (Lipinski definition) is 3. The Balaban J connectivity index is 1.51. The first-order valence-corrected chi connectivity index (χ1v) is 14.8. The second-order valence-corrected chi connectivity index (χ2v) is 13.9. The summed E-state index contributed by atoms with van der Waals surface area (Å²) in [4.78, 5) is 26.9. The summed E-state index contributed by atoms with van der Waals surface area (Å²) >= 11 is 6.44. The number of aromatic hydroxyl groups is 1. The molecule has 0 spiro atoms. The van der Waals surface area contributed by atoms with Gasteiger partial charge in [0.2, 0.25) is 10.0 Å². The van der Waals surface area contributed by atoms with E-state index in [1.54, 1.807) is 32.9 Å². The lowest BCUT2D eigenvalue weighted by Crippen LogP contribution is -2.52. The molecule has 3 aromatic carbocycles. The number of nitrogens with zero attached hydrogens (tertiary/aromatic N) is 2. The van der Waals surface area contributed by atoms with Gasteiger partial charge >= 0.3 is 0 Å². The normalized spacial score (nSPS) is 15.5. The third kappa shape index (κ3) is 5.84. The molecule has 3 N–H and O–H groups in total. The van der Waals surface area contributed by atoms with Crippen molar-refractivity contribution in [3.8, 4) is 5.75 Å². The van der Waals surface area contributed by atoms with Crippen LogP contribution in [0.1, 0.15) is 45.2 Å². The number of benzene rings is 2. The van der Waals surface area contributed by atoms with Crippen LogP contribution in [-0.2, 0) is 23.0 Å². The van der Waals surface area contributed by atoms with Crippen molar-refractivity contribution in [1.29, 1.82) is 0 Å². The Morgan fingerprint density at radius 2 is 1.51 bits per heavy atom. The summed E-state index contributed by atoms with van der Waals surface area (Å²) in [5, 5.41) is 17.5. The van der Waals surface area contributed by atoms with E-state index < -0.39 is 25.6 Å². The van der Waals surface area contributed by atoms with E-state index in [1.165, 1.54) is 4.31 Å². The second-order valence-electron chi connectivity index (χ2n) is 10.8. The van der Waals surface area contributed by atoms with Crippen molar-refractivity contribution in [3.63, 3.8) is 0 Å². The van der Waals surface area contributed by atoms with Crippen molar-refractivity contribution in [2.24, 2.45) is 0 Å². The second kappa shape index (κ2) is 11.3. The van der Waals surface area contributed by atoms with E-state index in [1.807, 2.05) is 29.2 Å². The molecule has 11 heteroatoms. The number of hydrogen-bond acceptors (Lipinski definition) is 8. The summed E-state index contributed by atoms with van der Waals surface area (Å²) in [6.07, 6.45) is 1.75. The lowest BCUT2D eigenvalue weighted by Gasteiger charge is -2.37. The van der Waals surface area contributed by atoms with Crippen molar-refractivity contribution >= 4 is 44.4 Å². The van der Waals surface area contributed by atoms with Crippen LogP contribution < -0.4 is 21.5 Å². The fourth-order valence-electron chi connectivity index (χ4n) is 4.63. The summed E-state index contributed by atoms with van der Waals surface area (Å²) < 4.78 is 26.2. The largest absolute Gasteiger partial charge is 0.505 e. The number of anilines is 4. The van der Waals surface area contributed by atoms with Crippen molar-refractivity contribution in [2.45, 2.75) is 51.8 Å². The first kappa shape index (κ1) is 29.1. The van der Waals surface area contributed by atoms with Crippen LogP contribution in [0, 0.1) is 0 Å². The highest BCUT2D eigenvalue weighted by Crippen LogP contribution is 2.37. The van der Waals surface area contributed by atoms with Gasteiger partial charge in [0, 0.05) is 49.0 Å². The van der Waals surface area contributed by atoms with Gasteiger partial charge in [-0.2, -0.15) is 4.31 Å². The zero-order valence-corrected chi connectivity index (χ0v) is 24.2. The first-order chi connectivity index (χ1) is 18.3. The number of piperazine rings is 1. The van der Waals surface area contributed by atoms with Crippen LogP contribution in [-0.4, -0.2) is 53.7 Å². The van der Waals surface area contributed by atoms with Gasteiger partial charge < -0.3 is 15.7 Å². The van der Waals surface area contributed by atoms with Gasteiger partial charge in [0.1, 0.15) is 17.1 Å². The quantitative estimate of drug-likeness (QED) is 0.255. The molecule has 3 aromatic rings. The fourth-order valence-corrected chi connectivity index (χ4v) is 6.26. The number of phenols is 1. The minimum atomic E-state index is -3.42. The van der Waals surface area contributed by atoms with Gasteiger partial charge in [0.15, 0.2) is 0 Å². The number of halogens is 1. The summed E-state index contributed by atoms with van der Waals surface area (Å²) in [7, 11) is -3.42. The van der Waals surface area contributed by atoms with Gasteiger partial charge in [-0.25, -0.2) is 8.42 Å². The molecule has 210 valence electrons.